The van der Waals surface area contributed by atoms with Gasteiger partial charge in [-0.3, -0.25) is 19.3 Å². The fourth-order valence-electron chi connectivity index (χ4n) is 2.34. The van der Waals surface area contributed by atoms with Crippen molar-refractivity contribution in [2.75, 3.05) is 13.2 Å². The fraction of sp³-hybridized carbons (Fsp3) is 0.286. The topological polar surface area (TPSA) is 90.0 Å². The first kappa shape index (κ1) is 15.8. The Labute approximate surface area is 140 Å². The summed E-state index contributed by atoms with van der Waals surface area (Å²) >= 11 is 11.7. The van der Waals surface area contributed by atoms with Crippen LogP contribution in [0.5, 0.6) is 0 Å². The van der Waals surface area contributed by atoms with Crippen molar-refractivity contribution in [3.05, 3.63) is 33.3 Å². The van der Waals surface area contributed by atoms with Crippen molar-refractivity contribution in [2.24, 2.45) is 0 Å². The summed E-state index contributed by atoms with van der Waals surface area (Å²) in [6.45, 7) is -0.438. The van der Waals surface area contributed by atoms with Crippen LogP contribution >= 0.6 is 23.2 Å². The molecule has 1 aromatic carbocycles. The van der Waals surface area contributed by atoms with E-state index >= 15 is 0 Å². The van der Waals surface area contributed by atoms with Gasteiger partial charge in [0.25, 0.3) is 11.8 Å². The summed E-state index contributed by atoms with van der Waals surface area (Å²) in [7, 11) is 0. The molecule has 1 atom stereocenters. The fourth-order valence-corrected chi connectivity index (χ4v) is 2.66. The Balaban J connectivity index is 1.74. The zero-order valence-corrected chi connectivity index (χ0v) is 13.0. The number of ether oxygens (including phenoxy) is 2. The highest BCUT2D eigenvalue weighted by atomic mass is 35.5. The predicted molar refractivity (Wildman–Crippen MR) is 77.3 cm³/mol. The first-order valence-corrected chi connectivity index (χ1v) is 7.35. The zero-order valence-electron chi connectivity index (χ0n) is 11.5. The Morgan fingerprint density at radius 2 is 1.74 bits per heavy atom. The Morgan fingerprint density at radius 3 is 2.22 bits per heavy atom. The van der Waals surface area contributed by atoms with Gasteiger partial charge in [-0.25, -0.2) is 4.79 Å². The maximum absolute atomic E-state index is 12.2. The highest BCUT2D eigenvalue weighted by Gasteiger charge is 2.39. The summed E-state index contributed by atoms with van der Waals surface area (Å²) in [5.74, 6) is -2.86. The molecule has 23 heavy (non-hydrogen) atoms. The van der Waals surface area contributed by atoms with Crippen molar-refractivity contribution in [1.29, 1.82) is 0 Å². The van der Waals surface area contributed by atoms with Crippen LogP contribution in [0.3, 0.4) is 0 Å². The van der Waals surface area contributed by atoms with E-state index in [1.54, 1.807) is 0 Å². The monoisotopic (exact) mass is 357 g/mol. The van der Waals surface area contributed by atoms with Gasteiger partial charge in [0.15, 0.2) is 0 Å². The molecule has 9 heteroatoms. The molecule has 7 nitrogen and oxygen atoms in total. The standard InChI is InChI=1S/C14H9Cl2NO6/c15-8-3-6-7(4-9(8)16)13(20)17(12(6)19)5-11(18)23-10-1-2-22-14(10)21/h3-4,10H,1-2,5H2/t10-/m0/s1. The van der Waals surface area contributed by atoms with Gasteiger partial charge in [0.05, 0.1) is 27.8 Å². The number of halogens is 2. The van der Waals surface area contributed by atoms with Crippen LogP contribution in [0.15, 0.2) is 12.1 Å². The van der Waals surface area contributed by atoms with Crippen molar-refractivity contribution in [2.45, 2.75) is 12.5 Å². The number of hydrogen-bond acceptors (Lipinski definition) is 6. The molecule has 0 spiro atoms. The second kappa shape index (κ2) is 5.82. The molecule has 2 aliphatic rings. The molecule has 120 valence electrons. The van der Waals surface area contributed by atoms with Crippen LogP contribution < -0.4 is 0 Å². The maximum atomic E-state index is 12.2. The molecule has 2 amide bonds. The van der Waals surface area contributed by atoms with Crippen LogP contribution in [-0.4, -0.2) is 47.9 Å². The smallest absolute Gasteiger partial charge is 0.347 e. The molecule has 1 saturated heterocycles. The number of esters is 2. The molecule has 0 bridgehead atoms. The third-order valence-electron chi connectivity index (χ3n) is 3.46. The number of fused-ring (bicyclic) bond motifs is 1. The van der Waals surface area contributed by atoms with E-state index in [-0.39, 0.29) is 34.2 Å². The first-order chi connectivity index (χ1) is 10.9. The molecule has 3 rings (SSSR count). The average Bonchev–Trinajstić information content (AvgIpc) is 2.99. The van der Waals surface area contributed by atoms with E-state index in [0.717, 1.165) is 4.90 Å². The maximum Gasteiger partial charge on any atom is 0.347 e. The lowest BCUT2D eigenvalue weighted by atomic mass is 10.1. The molecule has 0 radical (unpaired) electrons. The molecule has 0 aromatic heterocycles. The number of imide groups is 1. The van der Waals surface area contributed by atoms with Crippen molar-refractivity contribution < 1.29 is 28.7 Å². The van der Waals surface area contributed by atoms with Crippen LogP contribution in [0.2, 0.25) is 10.0 Å². The van der Waals surface area contributed by atoms with Gasteiger partial charge >= 0.3 is 11.9 Å². The molecular weight excluding hydrogens is 349 g/mol. The number of benzene rings is 1. The summed E-state index contributed by atoms with van der Waals surface area (Å²) in [6.07, 6.45) is -0.751. The third kappa shape index (κ3) is 2.77. The molecular formula is C14H9Cl2NO6. The Bertz CT molecular complexity index is 706. The van der Waals surface area contributed by atoms with Crippen molar-refractivity contribution in [3.63, 3.8) is 0 Å². The Hall–Kier alpha value is -2.12. The number of rotatable bonds is 3. The lowest BCUT2D eigenvalue weighted by Crippen LogP contribution is -2.37. The number of cyclic esters (lactones) is 1. The first-order valence-electron chi connectivity index (χ1n) is 6.60. The summed E-state index contributed by atoms with van der Waals surface area (Å²) < 4.78 is 9.58. The minimum atomic E-state index is -0.999. The summed E-state index contributed by atoms with van der Waals surface area (Å²) in [5, 5.41) is 0.259. The van der Waals surface area contributed by atoms with E-state index in [4.69, 9.17) is 27.9 Å². The molecule has 1 fully saturated rings. The van der Waals surface area contributed by atoms with Gasteiger partial charge in [-0.15, -0.1) is 0 Å². The molecule has 2 aliphatic heterocycles. The lowest BCUT2D eigenvalue weighted by Gasteiger charge is -2.14. The van der Waals surface area contributed by atoms with Gasteiger partial charge in [-0.05, 0) is 12.1 Å². The summed E-state index contributed by atoms with van der Waals surface area (Å²) in [4.78, 5) is 48.2. The van der Waals surface area contributed by atoms with E-state index in [1.165, 1.54) is 12.1 Å². The van der Waals surface area contributed by atoms with Crippen LogP contribution in [0.25, 0.3) is 0 Å². The quantitative estimate of drug-likeness (QED) is 0.600. The third-order valence-corrected chi connectivity index (χ3v) is 4.18. The molecule has 0 unspecified atom stereocenters. The van der Waals surface area contributed by atoms with E-state index in [0.29, 0.717) is 0 Å². The Morgan fingerprint density at radius 1 is 1.17 bits per heavy atom. The SMILES string of the molecule is O=C(CN1C(=O)c2cc(Cl)c(Cl)cc2C1=O)O[C@H]1CCOC1=O. The van der Waals surface area contributed by atoms with Gasteiger partial charge in [-0.2, -0.15) is 0 Å². The number of hydrogen-bond donors (Lipinski definition) is 0. The van der Waals surface area contributed by atoms with Gasteiger partial charge < -0.3 is 9.47 Å². The average molecular weight is 358 g/mol. The normalized spacial score (nSPS) is 19.8. The number of carbonyl (C=O) groups is 4. The van der Waals surface area contributed by atoms with E-state index in [2.05, 4.69) is 4.74 Å². The van der Waals surface area contributed by atoms with Gasteiger partial charge in [-0.1, -0.05) is 23.2 Å². The van der Waals surface area contributed by atoms with Crippen molar-refractivity contribution in [1.82, 2.24) is 4.90 Å². The molecule has 0 aliphatic carbocycles. The zero-order chi connectivity index (χ0) is 16.7. The highest BCUT2D eigenvalue weighted by Crippen LogP contribution is 2.31. The minimum Gasteiger partial charge on any atom is -0.463 e. The second-order valence-corrected chi connectivity index (χ2v) is 5.76. The van der Waals surface area contributed by atoms with Gasteiger partial charge in [0.1, 0.15) is 6.54 Å². The van der Waals surface area contributed by atoms with Gasteiger partial charge in [0.2, 0.25) is 6.10 Å². The second-order valence-electron chi connectivity index (χ2n) is 4.94. The minimum absolute atomic E-state index is 0.0671. The largest absolute Gasteiger partial charge is 0.463 e. The van der Waals surface area contributed by atoms with E-state index in [9.17, 15) is 19.2 Å². The van der Waals surface area contributed by atoms with Crippen LogP contribution in [0.1, 0.15) is 27.1 Å². The lowest BCUT2D eigenvalue weighted by molar-refractivity contribution is -0.160. The highest BCUT2D eigenvalue weighted by molar-refractivity contribution is 6.43. The Kier molecular flexibility index (Phi) is 3.99. The van der Waals surface area contributed by atoms with Crippen LogP contribution in [0.4, 0.5) is 0 Å². The number of nitrogens with zero attached hydrogens (tertiary/aromatic N) is 1. The van der Waals surface area contributed by atoms with E-state index in [1.807, 2.05) is 0 Å². The summed E-state index contributed by atoms with van der Waals surface area (Å²) in [6, 6.07) is 2.55. The number of carbonyl (C=O) groups excluding carboxylic acids is 4. The summed E-state index contributed by atoms with van der Waals surface area (Å²) in [5.41, 5.74) is 0.134. The van der Waals surface area contributed by atoms with Crippen LogP contribution in [-0.2, 0) is 19.1 Å². The van der Waals surface area contributed by atoms with Gasteiger partial charge in [0, 0.05) is 6.42 Å². The number of amides is 2. The molecule has 2 heterocycles. The molecule has 0 N–H and O–H groups in total. The predicted octanol–water partition coefficient (Wildman–Crippen LogP) is 1.45. The van der Waals surface area contributed by atoms with Crippen molar-refractivity contribution >= 4 is 47.0 Å². The van der Waals surface area contributed by atoms with Crippen molar-refractivity contribution in [3.8, 4) is 0 Å². The molecule has 1 aromatic rings. The van der Waals surface area contributed by atoms with E-state index < -0.39 is 36.4 Å². The molecule has 0 saturated carbocycles. The van der Waals surface area contributed by atoms with Crippen LogP contribution in [0, 0.1) is 0 Å².